The van der Waals surface area contributed by atoms with E-state index in [1.54, 1.807) is 0 Å². The molecular formula is CoKO8S2. The second-order valence-electron chi connectivity index (χ2n) is 0.816. The fourth-order valence-corrected chi connectivity index (χ4v) is 0. The molecule has 0 aromatic carbocycles. The zero-order valence-corrected chi connectivity index (χ0v) is 11.2. The van der Waals surface area contributed by atoms with E-state index in [0.29, 0.717) is 0 Å². The van der Waals surface area contributed by atoms with Crippen molar-refractivity contribution in [2.45, 2.75) is 0 Å². The van der Waals surface area contributed by atoms with E-state index < -0.39 is 20.8 Å². The molecule has 0 aliphatic heterocycles. The van der Waals surface area contributed by atoms with Crippen LogP contribution >= 0.6 is 0 Å². The molecule has 0 N–H and O–H groups in total. The van der Waals surface area contributed by atoms with Crippen molar-refractivity contribution in [1.82, 2.24) is 0 Å². The van der Waals surface area contributed by atoms with Crippen LogP contribution in [-0.2, 0) is 37.6 Å². The van der Waals surface area contributed by atoms with E-state index in [1.165, 1.54) is 0 Å². The van der Waals surface area contributed by atoms with Gasteiger partial charge in [0, 0.05) is 20.8 Å². The summed E-state index contributed by atoms with van der Waals surface area (Å²) in [4.78, 5) is 0. The van der Waals surface area contributed by atoms with Crippen molar-refractivity contribution >= 4 is 20.8 Å². The van der Waals surface area contributed by atoms with E-state index >= 15 is 0 Å². The molecule has 0 rings (SSSR count). The number of hydrogen-bond acceptors (Lipinski definition) is 8. The maximum Gasteiger partial charge on any atom is 3.00 e. The van der Waals surface area contributed by atoms with Gasteiger partial charge in [0.25, 0.3) is 0 Å². The van der Waals surface area contributed by atoms with E-state index in [0.717, 1.165) is 0 Å². The Morgan fingerprint density at radius 2 is 0.667 bits per heavy atom. The quantitative estimate of drug-likeness (QED) is 0.242. The van der Waals surface area contributed by atoms with E-state index in [-0.39, 0.29) is 68.2 Å². The van der Waals surface area contributed by atoms with Crippen LogP contribution in [0.5, 0.6) is 0 Å². The zero-order chi connectivity index (χ0) is 9.00. The van der Waals surface area contributed by atoms with Gasteiger partial charge in [0.1, 0.15) is 0 Å². The molecule has 0 aliphatic rings. The van der Waals surface area contributed by atoms with Gasteiger partial charge in [-0.05, 0) is 0 Å². The Morgan fingerprint density at radius 1 is 0.667 bits per heavy atom. The van der Waals surface area contributed by atoms with Crippen LogP contribution in [0, 0.1) is 0 Å². The van der Waals surface area contributed by atoms with Gasteiger partial charge in [0.15, 0.2) is 0 Å². The average molecular weight is 290 g/mol. The molecule has 0 saturated carbocycles. The Balaban J connectivity index is -0.0000000457. The average Bonchev–Trinajstić information content (AvgIpc) is 1.12. The molecule has 8 nitrogen and oxygen atoms in total. The van der Waals surface area contributed by atoms with Gasteiger partial charge in [-0.1, -0.05) is 0 Å². The standard InChI is InChI=1S/Co.K.2H2O4S/c;;2*1-5(2,3)4/h;;2*(H2,1,2,3,4)/q+3;+1;;/p-4. The third-order valence-electron chi connectivity index (χ3n) is 0. The fourth-order valence-electron chi connectivity index (χ4n) is 0. The van der Waals surface area contributed by atoms with Gasteiger partial charge < -0.3 is 18.2 Å². The van der Waals surface area contributed by atoms with Gasteiger partial charge in [0.2, 0.25) is 0 Å². The molecule has 70 valence electrons. The summed E-state index contributed by atoms with van der Waals surface area (Å²) in [6.45, 7) is 0. The molecule has 0 radical (unpaired) electrons. The van der Waals surface area contributed by atoms with Crippen molar-refractivity contribution < 1.29 is 103 Å². The van der Waals surface area contributed by atoms with Crippen LogP contribution in [0.1, 0.15) is 0 Å². The Bertz CT molecular complexity index is 213. The second-order valence-corrected chi connectivity index (χ2v) is 2.45. The maximum atomic E-state index is 8.52. The molecule has 0 amide bonds. The first-order valence-electron chi connectivity index (χ1n) is 1.33. The van der Waals surface area contributed by atoms with E-state index in [4.69, 9.17) is 35.0 Å². The first-order chi connectivity index (χ1) is 4.00. The van der Waals surface area contributed by atoms with Crippen LogP contribution in [0.25, 0.3) is 0 Å². The first-order valence-corrected chi connectivity index (χ1v) is 4.00. The minimum atomic E-state index is -5.17. The first kappa shape index (κ1) is 23.6. The molecule has 0 fully saturated rings. The zero-order valence-electron chi connectivity index (χ0n) is 5.42. The minimum Gasteiger partial charge on any atom is -0.759 e. The Morgan fingerprint density at radius 3 is 0.667 bits per heavy atom. The molecule has 0 heterocycles. The van der Waals surface area contributed by atoms with Crippen LogP contribution < -0.4 is 51.4 Å². The molecule has 0 saturated heterocycles. The van der Waals surface area contributed by atoms with Crippen molar-refractivity contribution in [2.24, 2.45) is 0 Å². The van der Waals surface area contributed by atoms with Crippen LogP contribution in [0.4, 0.5) is 0 Å². The molecule has 12 heteroatoms. The summed E-state index contributed by atoms with van der Waals surface area (Å²) in [5, 5.41) is 0. The molecule has 0 aromatic rings. The topological polar surface area (TPSA) is 161 Å². The van der Waals surface area contributed by atoms with Crippen LogP contribution in [0.15, 0.2) is 0 Å². The van der Waals surface area contributed by atoms with E-state index in [2.05, 4.69) is 0 Å². The SMILES string of the molecule is O=S(=O)([O-])[O-].O=S(=O)([O-])[O-].[Co+3].[K+]. The smallest absolute Gasteiger partial charge is 0.759 e. The van der Waals surface area contributed by atoms with Crippen molar-refractivity contribution in [3.05, 3.63) is 0 Å². The summed E-state index contributed by atoms with van der Waals surface area (Å²) in [7, 11) is -10.3. The Labute approximate surface area is 122 Å². The van der Waals surface area contributed by atoms with Crippen LogP contribution in [0.3, 0.4) is 0 Å². The molecule has 0 bridgehead atoms. The minimum absolute atomic E-state index is 0. The molecule has 0 spiro atoms. The van der Waals surface area contributed by atoms with Gasteiger partial charge in [0.05, 0.1) is 0 Å². The largest absolute Gasteiger partial charge is 3.00 e. The summed E-state index contributed by atoms with van der Waals surface area (Å²) >= 11 is 0. The second kappa shape index (κ2) is 9.44. The maximum absolute atomic E-state index is 8.52. The van der Waals surface area contributed by atoms with Gasteiger partial charge in [-0.2, -0.15) is 0 Å². The van der Waals surface area contributed by atoms with E-state index in [1.807, 2.05) is 0 Å². The van der Waals surface area contributed by atoms with Crippen LogP contribution in [-0.4, -0.2) is 35.0 Å². The summed E-state index contributed by atoms with van der Waals surface area (Å²) < 4.78 is 68.2. The Hall–Kier alpha value is 1.88. The van der Waals surface area contributed by atoms with E-state index in [9.17, 15) is 0 Å². The predicted octanol–water partition coefficient (Wildman–Crippen LogP) is -5.67. The molecule has 0 atom stereocenters. The summed E-state index contributed by atoms with van der Waals surface area (Å²) in [5.41, 5.74) is 0. The third kappa shape index (κ3) is 397. The van der Waals surface area contributed by atoms with Gasteiger partial charge in [-0.25, -0.2) is 0 Å². The van der Waals surface area contributed by atoms with Crippen LogP contribution in [0.2, 0.25) is 0 Å². The van der Waals surface area contributed by atoms with Gasteiger partial charge in [-0.15, -0.1) is 0 Å². The summed E-state index contributed by atoms with van der Waals surface area (Å²) in [6.07, 6.45) is 0. The summed E-state index contributed by atoms with van der Waals surface area (Å²) in [6, 6.07) is 0. The molecular weight excluding hydrogens is 290 g/mol. The number of hydrogen-bond donors (Lipinski definition) is 0. The molecule has 0 aliphatic carbocycles. The molecule has 12 heavy (non-hydrogen) atoms. The molecule has 0 unspecified atom stereocenters. The number of rotatable bonds is 0. The Kier molecular flexibility index (Phi) is 18.6. The predicted molar refractivity (Wildman–Crippen MR) is 20.9 cm³/mol. The molecule has 0 aromatic heterocycles. The van der Waals surface area contributed by atoms with Crippen molar-refractivity contribution in [3.63, 3.8) is 0 Å². The van der Waals surface area contributed by atoms with Crippen molar-refractivity contribution in [2.75, 3.05) is 0 Å². The van der Waals surface area contributed by atoms with Gasteiger partial charge >= 0.3 is 68.2 Å². The van der Waals surface area contributed by atoms with Gasteiger partial charge in [-0.3, -0.25) is 16.8 Å². The fraction of sp³-hybridized carbons (Fsp3) is 0. The monoisotopic (exact) mass is 290 g/mol. The summed E-state index contributed by atoms with van der Waals surface area (Å²) in [5.74, 6) is 0. The third-order valence-corrected chi connectivity index (χ3v) is 0. The van der Waals surface area contributed by atoms with Crippen molar-refractivity contribution in [3.8, 4) is 0 Å². The van der Waals surface area contributed by atoms with Crippen molar-refractivity contribution in [1.29, 1.82) is 0 Å². The normalized spacial score (nSPS) is 9.67.